The van der Waals surface area contributed by atoms with E-state index in [9.17, 15) is 22.8 Å². The van der Waals surface area contributed by atoms with Gasteiger partial charge in [-0.3, -0.25) is 4.79 Å². The van der Waals surface area contributed by atoms with Crippen molar-refractivity contribution in [2.45, 2.75) is 6.36 Å². The molecule has 2 N–H and O–H groups in total. The van der Waals surface area contributed by atoms with Gasteiger partial charge in [0.25, 0.3) is 0 Å². The van der Waals surface area contributed by atoms with Crippen LogP contribution in [-0.4, -0.2) is 42.0 Å². The number of hydrogen-bond donors (Lipinski definition) is 2. The van der Waals surface area contributed by atoms with E-state index in [1.165, 1.54) is 19.2 Å². The number of ether oxygens (including phenoxy) is 1. The Hall–Kier alpha value is -2.45. The van der Waals surface area contributed by atoms with Crippen molar-refractivity contribution in [3.63, 3.8) is 0 Å². The van der Waals surface area contributed by atoms with Crippen molar-refractivity contribution < 1.29 is 32.6 Å². The summed E-state index contributed by atoms with van der Waals surface area (Å²) < 4.78 is 39.8. The molecule has 0 aromatic heterocycles. The maximum Gasteiger partial charge on any atom is 0.573 e. The number of amides is 2. The predicted octanol–water partition coefficient (Wildman–Crippen LogP) is 2.13. The second-order valence-electron chi connectivity index (χ2n) is 3.76. The standard InChI is InChI=1S/C11H11F3N2O4/c1-16(6-9(17)18)10(19)15-7-3-2-4-8(5-7)20-11(12,13)14/h2-5H,6H2,1H3,(H,15,19)(H,17,18). The topological polar surface area (TPSA) is 78.9 Å². The zero-order chi connectivity index (χ0) is 15.3. The number of nitrogens with one attached hydrogen (secondary N) is 1. The van der Waals surface area contributed by atoms with Gasteiger partial charge in [-0.15, -0.1) is 13.2 Å². The molecule has 0 atom stereocenters. The Kier molecular flexibility index (Phi) is 4.78. The molecule has 0 saturated carbocycles. The molecule has 0 heterocycles. The van der Waals surface area contributed by atoms with Crippen LogP contribution in [-0.2, 0) is 4.79 Å². The monoisotopic (exact) mass is 292 g/mol. The second-order valence-corrected chi connectivity index (χ2v) is 3.76. The number of carboxylic acid groups (broad SMARTS) is 1. The molecule has 0 fully saturated rings. The fourth-order valence-corrected chi connectivity index (χ4v) is 1.26. The van der Waals surface area contributed by atoms with Crippen molar-refractivity contribution in [2.24, 2.45) is 0 Å². The van der Waals surface area contributed by atoms with Crippen LogP contribution in [0.5, 0.6) is 5.75 Å². The molecule has 6 nitrogen and oxygen atoms in total. The fraction of sp³-hybridized carbons (Fsp3) is 0.273. The maximum absolute atomic E-state index is 12.0. The highest BCUT2D eigenvalue weighted by Crippen LogP contribution is 2.25. The molecule has 0 radical (unpaired) electrons. The molecular formula is C11H11F3N2O4. The number of alkyl halides is 3. The summed E-state index contributed by atoms with van der Waals surface area (Å²) in [6.07, 6.45) is -4.83. The lowest BCUT2D eigenvalue weighted by atomic mass is 10.3. The third-order valence-electron chi connectivity index (χ3n) is 2.04. The number of urea groups is 1. The van der Waals surface area contributed by atoms with E-state index in [0.29, 0.717) is 0 Å². The highest BCUT2D eigenvalue weighted by molar-refractivity contribution is 5.91. The maximum atomic E-state index is 12.0. The highest BCUT2D eigenvalue weighted by atomic mass is 19.4. The van der Waals surface area contributed by atoms with Crippen LogP contribution in [0.4, 0.5) is 23.7 Å². The first-order valence-electron chi connectivity index (χ1n) is 5.27. The van der Waals surface area contributed by atoms with E-state index in [2.05, 4.69) is 10.1 Å². The first-order chi connectivity index (χ1) is 9.17. The SMILES string of the molecule is CN(CC(=O)O)C(=O)Nc1cccc(OC(F)(F)F)c1. The number of nitrogens with zero attached hydrogens (tertiary/aromatic N) is 1. The molecule has 2 amide bonds. The molecule has 1 aromatic carbocycles. The van der Waals surface area contributed by atoms with Gasteiger partial charge >= 0.3 is 18.4 Å². The van der Waals surface area contributed by atoms with Crippen molar-refractivity contribution >= 4 is 17.7 Å². The van der Waals surface area contributed by atoms with E-state index in [1.807, 2.05) is 0 Å². The van der Waals surface area contributed by atoms with Crippen LogP contribution in [0.2, 0.25) is 0 Å². The summed E-state index contributed by atoms with van der Waals surface area (Å²) in [5.41, 5.74) is 0.0500. The summed E-state index contributed by atoms with van der Waals surface area (Å²) >= 11 is 0. The van der Waals surface area contributed by atoms with E-state index in [-0.39, 0.29) is 5.69 Å². The van der Waals surface area contributed by atoms with Gasteiger partial charge < -0.3 is 20.1 Å². The average molecular weight is 292 g/mol. The molecule has 1 aromatic rings. The zero-order valence-electron chi connectivity index (χ0n) is 10.3. The van der Waals surface area contributed by atoms with Gasteiger partial charge in [-0.1, -0.05) is 6.07 Å². The molecule has 0 spiro atoms. The molecule has 0 aliphatic heterocycles. The van der Waals surface area contributed by atoms with E-state index in [1.54, 1.807) is 0 Å². The van der Waals surface area contributed by atoms with Crippen LogP contribution in [0.25, 0.3) is 0 Å². The van der Waals surface area contributed by atoms with Crippen LogP contribution < -0.4 is 10.1 Å². The van der Waals surface area contributed by atoms with Crippen LogP contribution in [0, 0.1) is 0 Å². The number of rotatable bonds is 4. The Morgan fingerprint density at radius 1 is 1.40 bits per heavy atom. The second kappa shape index (κ2) is 6.13. The lowest BCUT2D eigenvalue weighted by Crippen LogP contribution is -2.35. The molecule has 0 bridgehead atoms. The third kappa shape index (κ3) is 5.46. The Bertz CT molecular complexity index is 505. The van der Waals surface area contributed by atoms with Crippen molar-refractivity contribution in [3.8, 4) is 5.75 Å². The molecule has 0 aliphatic carbocycles. The van der Waals surface area contributed by atoms with E-state index in [4.69, 9.17) is 5.11 Å². The average Bonchev–Trinajstić information content (AvgIpc) is 2.25. The van der Waals surface area contributed by atoms with Gasteiger partial charge in [-0.05, 0) is 12.1 Å². The van der Waals surface area contributed by atoms with Gasteiger partial charge in [0, 0.05) is 18.8 Å². The number of aliphatic carboxylic acids is 1. The van der Waals surface area contributed by atoms with Crippen LogP contribution in [0.1, 0.15) is 0 Å². The number of benzene rings is 1. The van der Waals surface area contributed by atoms with Crippen molar-refractivity contribution in [1.82, 2.24) is 4.90 Å². The van der Waals surface area contributed by atoms with Gasteiger partial charge in [-0.25, -0.2) is 4.79 Å². The summed E-state index contributed by atoms with van der Waals surface area (Å²) in [6.45, 7) is -0.537. The Labute approximate surface area is 111 Å². The summed E-state index contributed by atoms with van der Waals surface area (Å²) in [5, 5.41) is 10.8. The number of hydrogen-bond acceptors (Lipinski definition) is 3. The first kappa shape index (κ1) is 15.6. The smallest absolute Gasteiger partial charge is 0.480 e. The summed E-state index contributed by atoms with van der Waals surface area (Å²) in [6, 6.07) is 3.88. The normalized spacial score (nSPS) is 10.8. The minimum absolute atomic E-state index is 0.0500. The third-order valence-corrected chi connectivity index (χ3v) is 2.04. The molecule has 0 aliphatic rings. The van der Waals surface area contributed by atoms with Gasteiger partial charge in [-0.2, -0.15) is 0 Å². The Morgan fingerprint density at radius 2 is 2.05 bits per heavy atom. The minimum Gasteiger partial charge on any atom is -0.480 e. The van der Waals surface area contributed by atoms with Crippen LogP contribution in [0.15, 0.2) is 24.3 Å². The Morgan fingerprint density at radius 3 is 2.60 bits per heavy atom. The highest BCUT2D eigenvalue weighted by Gasteiger charge is 2.31. The van der Waals surface area contributed by atoms with Crippen molar-refractivity contribution in [2.75, 3.05) is 18.9 Å². The number of carboxylic acids is 1. The van der Waals surface area contributed by atoms with Gasteiger partial charge in [0.1, 0.15) is 12.3 Å². The number of anilines is 1. The number of carbonyl (C=O) groups excluding carboxylic acids is 1. The quantitative estimate of drug-likeness (QED) is 0.891. The summed E-state index contributed by atoms with van der Waals surface area (Å²) in [5.74, 6) is -1.70. The van der Waals surface area contributed by atoms with Gasteiger partial charge in [0.2, 0.25) is 0 Å². The molecule has 0 saturated heterocycles. The predicted molar refractivity (Wildman–Crippen MR) is 62.4 cm³/mol. The van der Waals surface area contributed by atoms with Crippen LogP contribution >= 0.6 is 0 Å². The van der Waals surface area contributed by atoms with E-state index >= 15 is 0 Å². The van der Waals surface area contributed by atoms with E-state index < -0.39 is 30.7 Å². The molecule has 1 rings (SSSR count). The molecule has 9 heteroatoms. The lowest BCUT2D eigenvalue weighted by Gasteiger charge is -2.16. The largest absolute Gasteiger partial charge is 0.573 e. The molecule has 0 unspecified atom stereocenters. The number of carbonyl (C=O) groups is 2. The van der Waals surface area contributed by atoms with Crippen molar-refractivity contribution in [1.29, 1.82) is 0 Å². The molecule has 20 heavy (non-hydrogen) atoms. The van der Waals surface area contributed by atoms with Gasteiger partial charge in [0.05, 0.1) is 0 Å². The number of likely N-dealkylation sites (N-methyl/N-ethyl adjacent to an activating group) is 1. The molecule has 110 valence electrons. The van der Waals surface area contributed by atoms with E-state index in [0.717, 1.165) is 17.0 Å². The first-order valence-corrected chi connectivity index (χ1v) is 5.27. The Balaban J connectivity index is 2.71. The summed E-state index contributed by atoms with van der Waals surface area (Å²) in [4.78, 5) is 22.8. The summed E-state index contributed by atoms with van der Waals surface area (Å²) in [7, 11) is 1.24. The zero-order valence-corrected chi connectivity index (χ0v) is 10.3. The van der Waals surface area contributed by atoms with Crippen molar-refractivity contribution in [3.05, 3.63) is 24.3 Å². The lowest BCUT2D eigenvalue weighted by molar-refractivity contribution is -0.274. The van der Waals surface area contributed by atoms with Gasteiger partial charge in [0.15, 0.2) is 0 Å². The fourth-order valence-electron chi connectivity index (χ4n) is 1.26. The minimum atomic E-state index is -4.83. The van der Waals surface area contributed by atoms with Crippen LogP contribution in [0.3, 0.4) is 0 Å². The molecular weight excluding hydrogens is 281 g/mol. The number of halogens is 3.